The van der Waals surface area contributed by atoms with Crippen LogP contribution >= 0.6 is 0 Å². The number of nitrogens with two attached hydrogens (primary N) is 1. The van der Waals surface area contributed by atoms with Gasteiger partial charge in [-0.1, -0.05) is 55.8 Å². The van der Waals surface area contributed by atoms with Gasteiger partial charge in [-0.2, -0.15) is 4.98 Å². The Morgan fingerprint density at radius 3 is 2.33 bits per heavy atom. The lowest BCUT2D eigenvalue weighted by molar-refractivity contribution is 0.253. The second kappa shape index (κ2) is 4.53. The summed E-state index contributed by atoms with van der Waals surface area (Å²) in [5.74, 6) is 1.07. The molecule has 4 nitrogen and oxygen atoms in total. The van der Waals surface area contributed by atoms with E-state index in [9.17, 15) is 0 Å². The van der Waals surface area contributed by atoms with Crippen LogP contribution in [-0.4, -0.2) is 10.1 Å². The summed E-state index contributed by atoms with van der Waals surface area (Å²) in [6.07, 6.45) is 0. The molecule has 0 radical (unpaired) electrons. The number of hydrogen-bond donors (Lipinski definition) is 1. The van der Waals surface area contributed by atoms with E-state index in [2.05, 4.69) is 10.1 Å². The molecule has 0 aliphatic carbocycles. The molecule has 2 aromatic rings. The predicted molar refractivity (Wildman–Crippen MR) is 70.9 cm³/mol. The van der Waals surface area contributed by atoms with Crippen molar-refractivity contribution >= 4 is 0 Å². The van der Waals surface area contributed by atoms with Gasteiger partial charge in [-0.15, -0.1) is 0 Å². The summed E-state index contributed by atoms with van der Waals surface area (Å²) < 4.78 is 5.25. The van der Waals surface area contributed by atoms with Gasteiger partial charge in [0.1, 0.15) is 0 Å². The quantitative estimate of drug-likeness (QED) is 0.883. The van der Waals surface area contributed by atoms with Crippen LogP contribution in [0, 0.1) is 12.3 Å². The average Bonchev–Trinajstić information content (AvgIpc) is 2.77. The standard InChI is InChI=1S/C14H19N3O/c1-9-5-7-10(8-6-9)12-16-13(18-17-12)11(15)14(2,3)4/h5-8,11H,15H2,1-4H3/t11-/m1/s1. The summed E-state index contributed by atoms with van der Waals surface area (Å²) in [4.78, 5) is 4.37. The summed E-state index contributed by atoms with van der Waals surface area (Å²) in [6, 6.07) is 7.74. The van der Waals surface area contributed by atoms with Crippen LogP contribution in [0.3, 0.4) is 0 Å². The lowest BCUT2D eigenvalue weighted by Gasteiger charge is -2.23. The van der Waals surface area contributed by atoms with Crippen molar-refractivity contribution in [2.24, 2.45) is 11.1 Å². The van der Waals surface area contributed by atoms with E-state index in [1.54, 1.807) is 0 Å². The number of hydrogen-bond acceptors (Lipinski definition) is 4. The van der Waals surface area contributed by atoms with Crippen molar-refractivity contribution in [2.45, 2.75) is 33.7 Å². The van der Waals surface area contributed by atoms with Gasteiger partial charge in [0.2, 0.25) is 11.7 Å². The first kappa shape index (κ1) is 12.8. The minimum atomic E-state index is -0.260. The highest BCUT2D eigenvalue weighted by molar-refractivity contribution is 5.54. The molecule has 0 bridgehead atoms. The van der Waals surface area contributed by atoms with Gasteiger partial charge in [-0.25, -0.2) is 0 Å². The van der Waals surface area contributed by atoms with Crippen LogP contribution in [0.1, 0.15) is 38.3 Å². The summed E-state index contributed by atoms with van der Waals surface area (Å²) in [5, 5.41) is 3.98. The Hall–Kier alpha value is -1.68. The van der Waals surface area contributed by atoms with Crippen molar-refractivity contribution in [3.63, 3.8) is 0 Å². The molecule has 1 heterocycles. The van der Waals surface area contributed by atoms with Crippen LogP contribution in [0.4, 0.5) is 0 Å². The number of nitrogens with zero attached hydrogens (tertiary/aromatic N) is 2. The van der Waals surface area contributed by atoms with Gasteiger partial charge in [-0.3, -0.25) is 0 Å². The molecule has 0 saturated carbocycles. The summed E-state index contributed by atoms with van der Waals surface area (Å²) in [6.45, 7) is 8.19. The lowest BCUT2D eigenvalue weighted by Crippen LogP contribution is -2.26. The van der Waals surface area contributed by atoms with Crippen molar-refractivity contribution in [3.8, 4) is 11.4 Å². The van der Waals surface area contributed by atoms with E-state index in [-0.39, 0.29) is 11.5 Å². The highest BCUT2D eigenvalue weighted by Crippen LogP contribution is 2.30. The van der Waals surface area contributed by atoms with Crippen molar-refractivity contribution in [1.82, 2.24) is 10.1 Å². The first-order valence-electron chi connectivity index (χ1n) is 6.04. The summed E-state index contributed by atoms with van der Waals surface area (Å²) >= 11 is 0. The monoisotopic (exact) mass is 245 g/mol. The van der Waals surface area contributed by atoms with Crippen LogP contribution in [0.5, 0.6) is 0 Å². The normalized spacial score (nSPS) is 13.6. The second-order valence-corrected chi connectivity index (χ2v) is 5.67. The molecule has 4 heteroatoms. The van der Waals surface area contributed by atoms with Gasteiger partial charge in [0.15, 0.2) is 0 Å². The highest BCUT2D eigenvalue weighted by Gasteiger charge is 2.27. The van der Waals surface area contributed by atoms with Crippen LogP contribution < -0.4 is 5.73 Å². The van der Waals surface area contributed by atoms with E-state index < -0.39 is 0 Å². The molecule has 0 spiro atoms. The molecule has 0 aliphatic rings. The van der Waals surface area contributed by atoms with Crippen LogP contribution in [0.2, 0.25) is 0 Å². The maximum atomic E-state index is 6.09. The van der Waals surface area contributed by atoms with E-state index >= 15 is 0 Å². The first-order valence-corrected chi connectivity index (χ1v) is 6.04. The molecular weight excluding hydrogens is 226 g/mol. The van der Waals surface area contributed by atoms with Crippen molar-refractivity contribution < 1.29 is 4.52 Å². The van der Waals surface area contributed by atoms with Gasteiger partial charge in [0, 0.05) is 5.56 Å². The average molecular weight is 245 g/mol. The van der Waals surface area contributed by atoms with Crippen LogP contribution in [0.25, 0.3) is 11.4 Å². The Bertz CT molecular complexity index is 523. The Morgan fingerprint density at radius 2 is 1.78 bits per heavy atom. The molecule has 0 fully saturated rings. The fourth-order valence-electron chi connectivity index (χ4n) is 1.55. The van der Waals surface area contributed by atoms with Gasteiger partial charge in [-0.05, 0) is 12.3 Å². The minimum absolute atomic E-state index is 0.100. The molecule has 96 valence electrons. The van der Waals surface area contributed by atoms with Crippen LogP contribution in [0.15, 0.2) is 28.8 Å². The van der Waals surface area contributed by atoms with Crippen LogP contribution in [-0.2, 0) is 0 Å². The third-order valence-corrected chi connectivity index (χ3v) is 2.95. The molecule has 1 aromatic heterocycles. The number of aromatic nitrogens is 2. The molecule has 2 N–H and O–H groups in total. The van der Waals surface area contributed by atoms with Gasteiger partial charge in [0.05, 0.1) is 6.04 Å². The molecular formula is C14H19N3O. The maximum Gasteiger partial charge on any atom is 0.244 e. The number of benzene rings is 1. The van der Waals surface area contributed by atoms with Crippen molar-refractivity contribution in [3.05, 3.63) is 35.7 Å². The summed E-state index contributed by atoms with van der Waals surface area (Å²) in [7, 11) is 0. The molecule has 1 atom stereocenters. The number of aryl methyl sites for hydroxylation is 1. The van der Waals surface area contributed by atoms with Crippen molar-refractivity contribution in [1.29, 1.82) is 0 Å². The van der Waals surface area contributed by atoms with Crippen molar-refractivity contribution in [2.75, 3.05) is 0 Å². The Labute approximate surface area is 107 Å². The largest absolute Gasteiger partial charge is 0.337 e. The molecule has 1 aromatic carbocycles. The topological polar surface area (TPSA) is 64.9 Å². The Kier molecular flexibility index (Phi) is 3.22. The smallest absolute Gasteiger partial charge is 0.244 e. The molecule has 18 heavy (non-hydrogen) atoms. The zero-order chi connectivity index (χ0) is 13.3. The lowest BCUT2D eigenvalue weighted by atomic mass is 9.87. The van der Waals surface area contributed by atoms with Gasteiger partial charge >= 0.3 is 0 Å². The predicted octanol–water partition coefficient (Wildman–Crippen LogP) is 3.09. The Morgan fingerprint density at radius 1 is 1.17 bits per heavy atom. The highest BCUT2D eigenvalue weighted by atomic mass is 16.5. The van der Waals surface area contributed by atoms with E-state index in [0.717, 1.165) is 5.56 Å². The van der Waals surface area contributed by atoms with E-state index in [1.807, 2.05) is 52.0 Å². The summed E-state index contributed by atoms with van der Waals surface area (Å²) in [5.41, 5.74) is 8.14. The van der Waals surface area contributed by atoms with Gasteiger partial charge in [0.25, 0.3) is 0 Å². The molecule has 0 saturated heterocycles. The third-order valence-electron chi connectivity index (χ3n) is 2.95. The molecule has 0 aliphatic heterocycles. The molecule has 2 rings (SSSR count). The van der Waals surface area contributed by atoms with E-state index in [0.29, 0.717) is 11.7 Å². The maximum absolute atomic E-state index is 6.09. The number of rotatable bonds is 2. The minimum Gasteiger partial charge on any atom is -0.337 e. The fraction of sp³-hybridized carbons (Fsp3) is 0.429. The third kappa shape index (κ3) is 2.59. The van der Waals surface area contributed by atoms with Gasteiger partial charge < -0.3 is 10.3 Å². The zero-order valence-corrected chi connectivity index (χ0v) is 11.3. The fourth-order valence-corrected chi connectivity index (χ4v) is 1.55. The molecule has 0 amide bonds. The van der Waals surface area contributed by atoms with E-state index in [4.69, 9.17) is 10.3 Å². The molecule has 0 unspecified atom stereocenters. The Balaban J connectivity index is 2.28. The van der Waals surface area contributed by atoms with E-state index in [1.165, 1.54) is 5.56 Å². The SMILES string of the molecule is Cc1ccc(-c2noc([C@@H](N)C(C)(C)C)n2)cc1. The second-order valence-electron chi connectivity index (χ2n) is 5.67. The first-order chi connectivity index (χ1) is 8.38. The zero-order valence-electron chi connectivity index (χ0n) is 11.3.